The first-order valence-electron chi connectivity index (χ1n) is 4.42. The number of carboxylic acid groups (broad SMARTS) is 1. The highest BCUT2D eigenvalue weighted by molar-refractivity contribution is 5.76. The summed E-state index contributed by atoms with van der Waals surface area (Å²) in [7, 11) is 0. The van der Waals surface area contributed by atoms with Gasteiger partial charge in [-0.3, -0.25) is 4.79 Å². The van der Waals surface area contributed by atoms with Gasteiger partial charge in [0, 0.05) is 0 Å². The normalized spacial score (nSPS) is 31.5. The van der Waals surface area contributed by atoms with Gasteiger partial charge in [-0.05, 0) is 18.3 Å². The summed E-state index contributed by atoms with van der Waals surface area (Å²) in [6.45, 7) is 5.71. The molecule has 3 heteroatoms. The molecule has 13 heavy (non-hydrogen) atoms. The number of carboxylic acids is 1. The molecule has 0 aromatic rings. The second-order valence-electron chi connectivity index (χ2n) is 4.33. The van der Waals surface area contributed by atoms with Crippen molar-refractivity contribution in [1.82, 2.24) is 0 Å². The Bertz CT molecular complexity index is 253. The Morgan fingerprint density at radius 2 is 2.08 bits per heavy atom. The molecule has 0 spiro atoms. The zero-order valence-electron chi connectivity index (χ0n) is 8.24. The minimum absolute atomic E-state index is 0.0128. The van der Waals surface area contributed by atoms with Crippen molar-refractivity contribution in [3.8, 4) is 0 Å². The van der Waals surface area contributed by atoms with Crippen LogP contribution in [0.4, 0.5) is 0 Å². The molecular weight excluding hydrogens is 168 g/mol. The highest BCUT2D eigenvalue weighted by Crippen LogP contribution is 2.59. The molecule has 0 radical (unpaired) electrons. The highest BCUT2D eigenvalue weighted by Gasteiger charge is 2.60. The second kappa shape index (κ2) is 3.14. The molecule has 2 unspecified atom stereocenters. The lowest BCUT2D eigenvalue weighted by Crippen LogP contribution is -2.03. The summed E-state index contributed by atoms with van der Waals surface area (Å²) in [6, 6.07) is 0. The molecule has 2 N–H and O–H groups in total. The molecule has 1 fully saturated rings. The standard InChI is InChI=1S/C10H16O3/c1-6(5-11)4-7-8(9(12)13)10(7,2)3/h4,7-8,11H,5H2,1-3H3,(H,12,13)/b6-4+. The lowest BCUT2D eigenvalue weighted by atomic mass is 10.1. The summed E-state index contributed by atoms with van der Waals surface area (Å²) in [5.41, 5.74) is 0.698. The van der Waals surface area contributed by atoms with Gasteiger partial charge in [-0.25, -0.2) is 0 Å². The van der Waals surface area contributed by atoms with Crippen LogP contribution in [0.25, 0.3) is 0 Å². The van der Waals surface area contributed by atoms with Crippen LogP contribution in [0, 0.1) is 17.3 Å². The largest absolute Gasteiger partial charge is 0.481 e. The first-order valence-corrected chi connectivity index (χ1v) is 4.42. The summed E-state index contributed by atoms with van der Waals surface area (Å²) in [5, 5.41) is 17.6. The summed E-state index contributed by atoms with van der Waals surface area (Å²) in [5.74, 6) is -0.942. The third-order valence-corrected chi connectivity index (χ3v) is 2.89. The van der Waals surface area contributed by atoms with Gasteiger partial charge in [0.25, 0.3) is 0 Å². The lowest BCUT2D eigenvalue weighted by molar-refractivity contribution is -0.139. The Morgan fingerprint density at radius 1 is 1.54 bits per heavy atom. The molecule has 3 nitrogen and oxygen atoms in total. The Balaban J connectivity index is 2.71. The fraction of sp³-hybridized carbons (Fsp3) is 0.700. The minimum atomic E-state index is -0.739. The Kier molecular flexibility index (Phi) is 2.48. The number of rotatable bonds is 3. The molecule has 0 heterocycles. The van der Waals surface area contributed by atoms with Crippen LogP contribution in [0.15, 0.2) is 11.6 Å². The molecule has 1 rings (SSSR count). The Labute approximate surface area is 78.1 Å². The number of allylic oxidation sites excluding steroid dienone is 1. The molecule has 1 aliphatic carbocycles. The van der Waals surface area contributed by atoms with E-state index in [4.69, 9.17) is 10.2 Å². The second-order valence-corrected chi connectivity index (χ2v) is 4.33. The van der Waals surface area contributed by atoms with Gasteiger partial charge in [-0.1, -0.05) is 25.5 Å². The van der Waals surface area contributed by atoms with Crippen molar-refractivity contribution in [2.45, 2.75) is 20.8 Å². The van der Waals surface area contributed by atoms with Gasteiger partial charge >= 0.3 is 5.97 Å². The highest BCUT2D eigenvalue weighted by atomic mass is 16.4. The number of hydrogen-bond acceptors (Lipinski definition) is 2. The molecule has 0 amide bonds. The van der Waals surface area contributed by atoms with Crippen LogP contribution in [-0.4, -0.2) is 22.8 Å². The van der Waals surface area contributed by atoms with Gasteiger partial charge in [-0.2, -0.15) is 0 Å². The van der Waals surface area contributed by atoms with Crippen molar-refractivity contribution < 1.29 is 15.0 Å². The third kappa shape index (κ3) is 1.75. The Hall–Kier alpha value is -0.830. The van der Waals surface area contributed by atoms with Crippen molar-refractivity contribution >= 4 is 5.97 Å². The van der Waals surface area contributed by atoms with Gasteiger partial charge in [0.05, 0.1) is 12.5 Å². The molecule has 1 saturated carbocycles. The van der Waals surface area contributed by atoms with E-state index < -0.39 is 5.97 Å². The molecular formula is C10H16O3. The first-order chi connectivity index (χ1) is 5.91. The number of hydrogen-bond donors (Lipinski definition) is 2. The van der Waals surface area contributed by atoms with E-state index in [1.165, 1.54) is 0 Å². The average molecular weight is 184 g/mol. The number of aliphatic hydroxyl groups excluding tert-OH is 1. The number of aliphatic hydroxyl groups is 1. The molecule has 0 saturated heterocycles. The maximum Gasteiger partial charge on any atom is 0.307 e. The van der Waals surface area contributed by atoms with Crippen LogP contribution >= 0.6 is 0 Å². The maximum absolute atomic E-state index is 10.8. The van der Waals surface area contributed by atoms with Gasteiger partial charge in [0.15, 0.2) is 0 Å². The van der Waals surface area contributed by atoms with Crippen LogP contribution < -0.4 is 0 Å². The molecule has 0 aromatic carbocycles. The SMILES string of the molecule is C/C(=C\C1C(C(=O)O)C1(C)C)CO. The van der Waals surface area contributed by atoms with E-state index in [-0.39, 0.29) is 23.9 Å². The van der Waals surface area contributed by atoms with Crippen molar-refractivity contribution in [2.24, 2.45) is 17.3 Å². The molecule has 1 aliphatic rings. The van der Waals surface area contributed by atoms with Crippen molar-refractivity contribution in [2.75, 3.05) is 6.61 Å². The van der Waals surface area contributed by atoms with E-state index in [0.29, 0.717) is 0 Å². The summed E-state index contributed by atoms with van der Waals surface area (Å²) in [6.07, 6.45) is 1.87. The minimum Gasteiger partial charge on any atom is -0.481 e. The average Bonchev–Trinajstić information content (AvgIpc) is 2.53. The van der Waals surface area contributed by atoms with Crippen LogP contribution in [0.1, 0.15) is 20.8 Å². The number of aliphatic carboxylic acids is 1. The van der Waals surface area contributed by atoms with Crippen molar-refractivity contribution in [3.63, 3.8) is 0 Å². The predicted molar refractivity (Wildman–Crippen MR) is 49.2 cm³/mol. The molecule has 0 bridgehead atoms. The first kappa shape index (κ1) is 10.3. The van der Waals surface area contributed by atoms with E-state index >= 15 is 0 Å². The van der Waals surface area contributed by atoms with Gasteiger partial charge in [-0.15, -0.1) is 0 Å². The van der Waals surface area contributed by atoms with Crippen LogP contribution in [0.3, 0.4) is 0 Å². The molecule has 0 aromatic heterocycles. The monoisotopic (exact) mass is 184 g/mol. The van der Waals surface area contributed by atoms with E-state index in [9.17, 15) is 4.79 Å². The topological polar surface area (TPSA) is 57.5 Å². The quantitative estimate of drug-likeness (QED) is 0.650. The summed E-state index contributed by atoms with van der Waals surface area (Å²) in [4.78, 5) is 10.8. The smallest absolute Gasteiger partial charge is 0.307 e. The predicted octanol–water partition coefficient (Wildman–Crippen LogP) is 1.28. The van der Waals surface area contributed by atoms with Crippen LogP contribution in [-0.2, 0) is 4.79 Å². The van der Waals surface area contributed by atoms with Crippen molar-refractivity contribution in [3.05, 3.63) is 11.6 Å². The van der Waals surface area contributed by atoms with Crippen molar-refractivity contribution in [1.29, 1.82) is 0 Å². The zero-order valence-corrected chi connectivity index (χ0v) is 8.24. The number of carbonyl (C=O) groups is 1. The van der Waals surface area contributed by atoms with Crippen LogP contribution in [0.5, 0.6) is 0 Å². The fourth-order valence-corrected chi connectivity index (χ4v) is 1.82. The maximum atomic E-state index is 10.8. The Morgan fingerprint density at radius 3 is 2.38 bits per heavy atom. The molecule has 2 atom stereocenters. The summed E-state index contributed by atoms with van der Waals surface area (Å²) >= 11 is 0. The lowest BCUT2D eigenvalue weighted by Gasteiger charge is -1.98. The van der Waals surface area contributed by atoms with Gasteiger partial charge in [0.1, 0.15) is 0 Å². The molecule has 0 aliphatic heterocycles. The zero-order chi connectivity index (χ0) is 10.2. The van der Waals surface area contributed by atoms with E-state index in [1.54, 1.807) is 0 Å². The third-order valence-electron chi connectivity index (χ3n) is 2.89. The van der Waals surface area contributed by atoms with E-state index in [1.807, 2.05) is 26.8 Å². The van der Waals surface area contributed by atoms with E-state index in [2.05, 4.69) is 0 Å². The van der Waals surface area contributed by atoms with Gasteiger partial charge < -0.3 is 10.2 Å². The van der Waals surface area contributed by atoms with Crippen LogP contribution in [0.2, 0.25) is 0 Å². The van der Waals surface area contributed by atoms with E-state index in [0.717, 1.165) is 5.57 Å². The summed E-state index contributed by atoms with van der Waals surface area (Å²) < 4.78 is 0. The molecule has 74 valence electrons. The van der Waals surface area contributed by atoms with Gasteiger partial charge in [0.2, 0.25) is 0 Å². The fourth-order valence-electron chi connectivity index (χ4n) is 1.82.